The zero-order valence-corrected chi connectivity index (χ0v) is 24.0. The number of nitrogens with zero attached hydrogens (tertiary/aromatic N) is 5. The SMILES string of the molecule is CN(CCC[AsH2])c1cc(-c2cc3nccc(-c4cccc(NC(=O)c5cccc(C(F)(F)F)c5)c4)n3n2)ccn1. The van der Waals surface area contributed by atoms with Crippen LogP contribution < -0.4 is 10.2 Å². The average molecular weight is 606 g/mol. The maximum absolute atomic E-state index is 13.1. The number of amides is 1. The number of hydrogen-bond acceptors (Lipinski definition) is 5. The number of benzene rings is 2. The number of alkyl halides is 3. The van der Waals surface area contributed by atoms with Crippen molar-refractivity contribution >= 4 is 39.9 Å². The van der Waals surface area contributed by atoms with Crippen molar-refractivity contribution in [3.63, 3.8) is 0 Å². The third-order valence-electron chi connectivity index (χ3n) is 6.36. The van der Waals surface area contributed by atoms with Crippen LogP contribution in [0.4, 0.5) is 24.7 Å². The van der Waals surface area contributed by atoms with Gasteiger partial charge in [0.05, 0.1) is 5.56 Å². The van der Waals surface area contributed by atoms with Gasteiger partial charge in [-0.05, 0) is 30.3 Å². The van der Waals surface area contributed by atoms with Crippen molar-refractivity contribution in [2.24, 2.45) is 0 Å². The molecule has 0 aliphatic heterocycles. The maximum atomic E-state index is 13.1. The molecule has 0 saturated carbocycles. The molecule has 0 spiro atoms. The van der Waals surface area contributed by atoms with Crippen molar-refractivity contribution in [2.45, 2.75) is 17.8 Å². The molecule has 0 bridgehead atoms. The fourth-order valence-corrected chi connectivity index (χ4v) is 4.66. The summed E-state index contributed by atoms with van der Waals surface area (Å²) in [6.45, 7) is 0.923. The molecule has 1 atom stereocenters. The van der Waals surface area contributed by atoms with Crippen molar-refractivity contribution < 1.29 is 18.0 Å². The van der Waals surface area contributed by atoms with E-state index >= 15 is 0 Å². The van der Waals surface area contributed by atoms with Crippen molar-refractivity contribution in [1.29, 1.82) is 0 Å². The van der Waals surface area contributed by atoms with Crippen LogP contribution in [-0.4, -0.2) is 55.9 Å². The monoisotopic (exact) mass is 606 g/mol. The van der Waals surface area contributed by atoms with Crippen molar-refractivity contribution in [1.82, 2.24) is 19.6 Å². The van der Waals surface area contributed by atoms with Crippen LogP contribution in [0.1, 0.15) is 22.3 Å². The van der Waals surface area contributed by atoms with E-state index in [0.717, 1.165) is 58.6 Å². The van der Waals surface area contributed by atoms with E-state index in [0.29, 0.717) is 11.3 Å². The van der Waals surface area contributed by atoms with Gasteiger partial charge in [0, 0.05) is 11.3 Å². The molecule has 1 amide bonds. The van der Waals surface area contributed by atoms with Gasteiger partial charge in [-0.25, -0.2) is 0 Å². The predicted octanol–water partition coefficient (Wildman–Crippen LogP) is 5.61. The van der Waals surface area contributed by atoms with Crippen LogP contribution in [-0.2, 0) is 6.18 Å². The average Bonchev–Trinajstić information content (AvgIpc) is 3.40. The molecule has 2 aromatic carbocycles. The molecule has 0 fully saturated rings. The number of rotatable bonds is 8. The van der Waals surface area contributed by atoms with Crippen molar-refractivity contribution in [3.8, 4) is 22.5 Å². The van der Waals surface area contributed by atoms with E-state index in [1.807, 2.05) is 37.4 Å². The number of carbonyl (C=O) groups excluding carboxylic acids is 1. The molecule has 0 aliphatic carbocycles. The number of carbonyl (C=O) groups is 1. The van der Waals surface area contributed by atoms with Gasteiger partial charge >= 0.3 is 143 Å². The van der Waals surface area contributed by atoms with E-state index in [9.17, 15) is 18.0 Å². The van der Waals surface area contributed by atoms with E-state index in [2.05, 4.69) is 20.2 Å². The van der Waals surface area contributed by atoms with Gasteiger partial charge in [0.1, 0.15) is 0 Å². The third kappa shape index (κ3) is 6.02. The molecule has 5 aromatic rings. The van der Waals surface area contributed by atoms with Crippen LogP contribution in [0, 0.1) is 0 Å². The first-order valence-electron chi connectivity index (χ1n) is 12.5. The van der Waals surface area contributed by atoms with E-state index in [1.54, 1.807) is 52.0 Å². The zero-order chi connectivity index (χ0) is 28.3. The third-order valence-corrected chi connectivity index (χ3v) is 7.21. The Bertz CT molecular complexity index is 1670. The van der Waals surface area contributed by atoms with E-state index < -0.39 is 17.6 Å². The van der Waals surface area contributed by atoms with E-state index in [-0.39, 0.29) is 5.56 Å². The normalized spacial score (nSPS) is 11.5. The van der Waals surface area contributed by atoms with Crippen LogP contribution in [0.3, 0.4) is 0 Å². The van der Waals surface area contributed by atoms with E-state index in [1.165, 1.54) is 12.1 Å². The Morgan fingerprint density at radius 2 is 1.77 bits per heavy atom. The van der Waals surface area contributed by atoms with Gasteiger partial charge in [0.25, 0.3) is 5.91 Å². The molecule has 11 heteroatoms. The second-order valence-corrected chi connectivity index (χ2v) is 10.4. The minimum atomic E-state index is -4.53. The number of aromatic nitrogens is 4. The van der Waals surface area contributed by atoms with Gasteiger partial charge in [-0.1, -0.05) is 18.2 Å². The number of nitrogens with one attached hydrogen (secondary N) is 1. The molecule has 1 unspecified atom stereocenters. The van der Waals surface area contributed by atoms with Crippen molar-refractivity contribution in [2.75, 3.05) is 23.8 Å². The van der Waals surface area contributed by atoms with Gasteiger partial charge in [0.15, 0.2) is 0 Å². The van der Waals surface area contributed by atoms with Gasteiger partial charge in [0.2, 0.25) is 0 Å². The summed E-state index contributed by atoms with van der Waals surface area (Å²) >= 11 is 1.72. The first-order chi connectivity index (χ1) is 19.2. The molecular formula is C29H26AsF3N6O. The summed E-state index contributed by atoms with van der Waals surface area (Å²) in [5.74, 6) is 0.232. The number of anilines is 2. The van der Waals surface area contributed by atoms with Crippen LogP contribution in [0.5, 0.6) is 0 Å². The quantitative estimate of drug-likeness (QED) is 0.233. The molecule has 3 aromatic heterocycles. The molecule has 204 valence electrons. The van der Waals surface area contributed by atoms with Crippen LogP contribution >= 0.6 is 0 Å². The van der Waals surface area contributed by atoms with Gasteiger partial charge in [-0.2, -0.15) is 13.2 Å². The molecule has 1 N–H and O–H groups in total. The Morgan fingerprint density at radius 1 is 0.975 bits per heavy atom. The van der Waals surface area contributed by atoms with E-state index in [4.69, 9.17) is 5.10 Å². The van der Waals surface area contributed by atoms with Crippen LogP contribution in [0.2, 0.25) is 5.21 Å². The molecule has 7 nitrogen and oxygen atoms in total. The summed E-state index contributed by atoms with van der Waals surface area (Å²) in [7, 11) is 2.02. The zero-order valence-electron chi connectivity index (χ0n) is 21.6. The van der Waals surface area contributed by atoms with Gasteiger partial charge in [-0.3, -0.25) is 4.79 Å². The first kappa shape index (κ1) is 27.4. The summed E-state index contributed by atoms with van der Waals surface area (Å²) < 4.78 is 41.0. The Balaban J connectivity index is 1.42. The molecule has 0 radical (unpaired) electrons. The fourth-order valence-electron chi connectivity index (χ4n) is 4.28. The number of pyridine rings is 1. The summed E-state index contributed by atoms with van der Waals surface area (Å²) in [5, 5.41) is 8.67. The van der Waals surface area contributed by atoms with Gasteiger partial charge < -0.3 is 5.32 Å². The summed E-state index contributed by atoms with van der Waals surface area (Å²) in [4.78, 5) is 23.8. The molecule has 0 aliphatic rings. The van der Waals surface area contributed by atoms with Gasteiger partial charge in [-0.15, -0.1) is 0 Å². The second-order valence-electron chi connectivity index (χ2n) is 9.21. The van der Waals surface area contributed by atoms with Crippen LogP contribution in [0.15, 0.2) is 85.2 Å². The molecule has 3 heterocycles. The summed E-state index contributed by atoms with van der Waals surface area (Å²) in [6, 6.07) is 19.0. The second kappa shape index (κ2) is 11.5. The van der Waals surface area contributed by atoms with Crippen LogP contribution in [0.25, 0.3) is 28.2 Å². The molecule has 5 rings (SSSR count). The Hall–Kier alpha value is -4.17. The Morgan fingerprint density at radius 3 is 2.58 bits per heavy atom. The number of fused-ring (bicyclic) bond motifs is 1. The predicted molar refractivity (Wildman–Crippen MR) is 152 cm³/mol. The number of hydrogen-bond donors (Lipinski definition) is 1. The molecular weight excluding hydrogens is 580 g/mol. The molecule has 40 heavy (non-hydrogen) atoms. The summed E-state index contributed by atoms with van der Waals surface area (Å²) in [5.41, 5.74) is 3.26. The first-order valence-corrected chi connectivity index (χ1v) is 14.3. The Labute approximate surface area is 237 Å². The van der Waals surface area contributed by atoms with Crippen molar-refractivity contribution in [3.05, 3.63) is 96.3 Å². The Kier molecular flexibility index (Phi) is 7.89. The fraction of sp³-hybridized carbons (Fsp3) is 0.172. The minimum absolute atomic E-state index is 0.0823. The molecule has 0 saturated heterocycles. The summed E-state index contributed by atoms with van der Waals surface area (Å²) in [6.07, 6.45) is 0.0202. The topological polar surface area (TPSA) is 75.4 Å². The number of halogens is 3. The standard InChI is InChI=1S/C29H26AsF3N6O/c1-38(14-4-11-30)26-17-19(9-12-34-26)24-18-27-35-13-10-25(39(27)37-24)20-5-3-8-23(16-20)36-28(40)21-6-2-7-22(15-21)29(31,32)33/h2-3,5-10,12-13,15-18H,4,11,14,30H2,1H3,(H,36,40).